The second kappa shape index (κ2) is 8.22. The molecule has 0 heterocycles. The summed E-state index contributed by atoms with van der Waals surface area (Å²) in [6.45, 7) is 7.40. The average Bonchev–Trinajstić information content (AvgIpc) is 3.03. The number of rotatable bonds is 6. The van der Waals surface area contributed by atoms with Gasteiger partial charge in [0.25, 0.3) is 0 Å². The minimum atomic E-state index is -0.0693. The SMILES string of the molecule is CCCCCCC(O)[C@H]1CCC2C3CCC4CC(O)CC[C@]4(C)C3CCC21C. The van der Waals surface area contributed by atoms with Crippen molar-refractivity contribution in [3.05, 3.63) is 0 Å². The summed E-state index contributed by atoms with van der Waals surface area (Å²) in [6.07, 6.45) is 17.4. The number of hydrogen-bond donors (Lipinski definition) is 2. The van der Waals surface area contributed by atoms with E-state index in [1.165, 1.54) is 70.6 Å². The summed E-state index contributed by atoms with van der Waals surface area (Å²) in [7, 11) is 0. The van der Waals surface area contributed by atoms with Crippen LogP contribution in [0.3, 0.4) is 0 Å². The first-order valence-corrected chi connectivity index (χ1v) is 12.8. The van der Waals surface area contributed by atoms with Crippen molar-refractivity contribution in [2.24, 2.45) is 40.4 Å². The Hall–Kier alpha value is -0.0800. The van der Waals surface area contributed by atoms with Crippen molar-refractivity contribution >= 4 is 0 Å². The Bertz CT molecular complexity index is 533. The van der Waals surface area contributed by atoms with E-state index in [1.807, 2.05) is 0 Å². The molecule has 0 saturated heterocycles. The van der Waals surface area contributed by atoms with Crippen LogP contribution in [0.2, 0.25) is 0 Å². The van der Waals surface area contributed by atoms with E-state index in [0.29, 0.717) is 16.7 Å². The molecule has 162 valence electrons. The molecule has 4 aliphatic carbocycles. The van der Waals surface area contributed by atoms with Crippen molar-refractivity contribution in [3.8, 4) is 0 Å². The molecule has 0 bridgehead atoms. The van der Waals surface area contributed by atoms with Gasteiger partial charge in [-0.15, -0.1) is 0 Å². The van der Waals surface area contributed by atoms with Gasteiger partial charge in [-0.05, 0) is 105 Å². The lowest BCUT2D eigenvalue weighted by molar-refractivity contribution is -0.133. The van der Waals surface area contributed by atoms with E-state index in [4.69, 9.17) is 0 Å². The monoisotopic (exact) mass is 390 g/mol. The minimum Gasteiger partial charge on any atom is -0.393 e. The Kier molecular flexibility index (Phi) is 6.21. The Labute approximate surface area is 173 Å². The van der Waals surface area contributed by atoms with Crippen molar-refractivity contribution in [1.29, 1.82) is 0 Å². The number of unbranched alkanes of at least 4 members (excludes halogenated alkanes) is 3. The molecule has 2 heteroatoms. The van der Waals surface area contributed by atoms with Gasteiger partial charge in [0.1, 0.15) is 0 Å². The van der Waals surface area contributed by atoms with Gasteiger partial charge < -0.3 is 10.2 Å². The summed E-state index contributed by atoms with van der Waals surface area (Å²) in [4.78, 5) is 0. The molecule has 0 aliphatic heterocycles. The summed E-state index contributed by atoms with van der Waals surface area (Å²) in [6, 6.07) is 0. The Balaban J connectivity index is 1.45. The molecule has 4 fully saturated rings. The molecular weight excluding hydrogens is 344 g/mol. The van der Waals surface area contributed by atoms with Gasteiger partial charge in [-0.3, -0.25) is 0 Å². The molecule has 0 aromatic rings. The van der Waals surface area contributed by atoms with E-state index < -0.39 is 0 Å². The molecule has 0 aromatic carbocycles. The maximum absolute atomic E-state index is 11.1. The third-order valence-electron chi connectivity index (χ3n) is 10.5. The lowest BCUT2D eigenvalue weighted by atomic mass is 9.44. The molecule has 0 aromatic heterocycles. The molecule has 4 saturated carbocycles. The summed E-state index contributed by atoms with van der Waals surface area (Å²) in [5, 5.41) is 21.3. The highest BCUT2D eigenvalue weighted by Crippen LogP contribution is 2.67. The Morgan fingerprint density at radius 3 is 2.39 bits per heavy atom. The van der Waals surface area contributed by atoms with Crippen LogP contribution in [0.4, 0.5) is 0 Å². The van der Waals surface area contributed by atoms with Gasteiger partial charge in [-0.25, -0.2) is 0 Å². The summed E-state index contributed by atoms with van der Waals surface area (Å²) in [5.74, 6) is 3.89. The second-order valence-electron chi connectivity index (χ2n) is 11.7. The predicted molar refractivity (Wildman–Crippen MR) is 116 cm³/mol. The summed E-state index contributed by atoms with van der Waals surface area (Å²) < 4.78 is 0. The molecule has 7 unspecified atom stereocenters. The minimum absolute atomic E-state index is 0.0396. The molecule has 28 heavy (non-hydrogen) atoms. The fraction of sp³-hybridized carbons (Fsp3) is 1.00. The van der Waals surface area contributed by atoms with Gasteiger partial charge in [-0.1, -0.05) is 46.5 Å². The molecule has 0 spiro atoms. The van der Waals surface area contributed by atoms with Crippen LogP contribution < -0.4 is 0 Å². The Morgan fingerprint density at radius 1 is 0.857 bits per heavy atom. The normalized spacial score (nSPS) is 49.2. The number of aliphatic hydroxyl groups is 2. The first-order valence-electron chi connectivity index (χ1n) is 12.8. The lowest BCUT2D eigenvalue weighted by Crippen LogP contribution is -2.54. The second-order valence-corrected chi connectivity index (χ2v) is 11.7. The van der Waals surface area contributed by atoms with E-state index in [1.54, 1.807) is 0 Å². The molecule has 0 radical (unpaired) electrons. The average molecular weight is 391 g/mol. The topological polar surface area (TPSA) is 40.5 Å². The highest BCUT2D eigenvalue weighted by atomic mass is 16.3. The zero-order valence-electron chi connectivity index (χ0n) is 18.8. The van der Waals surface area contributed by atoms with Crippen LogP contribution in [0.1, 0.15) is 111 Å². The number of hydrogen-bond acceptors (Lipinski definition) is 2. The van der Waals surface area contributed by atoms with Crippen LogP contribution in [0.15, 0.2) is 0 Å². The third kappa shape index (κ3) is 3.49. The number of fused-ring (bicyclic) bond motifs is 5. The van der Waals surface area contributed by atoms with Crippen LogP contribution in [-0.2, 0) is 0 Å². The fourth-order valence-corrected chi connectivity index (χ4v) is 8.89. The van der Waals surface area contributed by atoms with Gasteiger partial charge in [0.15, 0.2) is 0 Å². The van der Waals surface area contributed by atoms with E-state index >= 15 is 0 Å². The van der Waals surface area contributed by atoms with Crippen LogP contribution in [0.25, 0.3) is 0 Å². The van der Waals surface area contributed by atoms with Crippen molar-refractivity contribution in [3.63, 3.8) is 0 Å². The molecule has 4 rings (SSSR count). The maximum Gasteiger partial charge on any atom is 0.0573 e. The van der Waals surface area contributed by atoms with E-state index in [2.05, 4.69) is 20.8 Å². The van der Waals surface area contributed by atoms with Gasteiger partial charge >= 0.3 is 0 Å². The molecular formula is C26H46O2. The van der Waals surface area contributed by atoms with Gasteiger partial charge in [-0.2, -0.15) is 0 Å². The van der Waals surface area contributed by atoms with Crippen molar-refractivity contribution in [2.45, 2.75) is 123 Å². The largest absolute Gasteiger partial charge is 0.393 e. The Morgan fingerprint density at radius 2 is 1.61 bits per heavy atom. The van der Waals surface area contributed by atoms with E-state index in [-0.39, 0.29) is 12.2 Å². The highest BCUT2D eigenvalue weighted by molar-refractivity contribution is 5.10. The highest BCUT2D eigenvalue weighted by Gasteiger charge is 2.60. The third-order valence-corrected chi connectivity index (χ3v) is 10.5. The molecule has 0 amide bonds. The number of aliphatic hydroxyl groups excluding tert-OH is 2. The first-order chi connectivity index (χ1) is 13.4. The molecule has 2 nitrogen and oxygen atoms in total. The van der Waals surface area contributed by atoms with Crippen molar-refractivity contribution in [2.75, 3.05) is 0 Å². The van der Waals surface area contributed by atoms with Gasteiger partial charge in [0.2, 0.25) is 0 Å². The fourth-order valence-electron chi connectivity index (χ4n) is 8.89. The van der Waals surface area contributed by atoms with Crippen LogP contribution in [0, 0.1) is 40.4 Å². The zero-order valence-corrected chi connectivity index (χ0v) is 18.8. The molecule has 9 atom stereocenters. The maximum atomic E-state index is 11.1. The molecule has 4 aliphatic rings. The quantitative estimate of drug-likeness (QED) is 0.520. The summed E-state index contributed by atoms with van der Waals surface area (Å²) in [5.41, 5.74) is 0.850. The van der Waals surface area contributed by atoms with Crippen LogP contribution >= 0.6 is 0 Å². The standard InChI is InChI=1S/C26H46O2/c1-4-5-6-7-8-24(28)23-12-11-21-20-10-9-18-17-19(27)13-15-25(18,2)22(20)14-16-26(21,23)3/h18-24,27-28H,4-17H2,1-3H3/t18?,19?,20?,21?,22?,23-,24?,25+,26?/m1/s1. The van der Waals surface area contributed by atoms with E-state index in [9.17, 15) is 10.2 Å². The predicted octanol–water partition coefficient (Wildman–Crippen LogP) is 6.34. The van der Waals surface area contributed by atoms with Crippen molar-refractivity contribution in [1.82, 2.24) is 0 Å². The zero-order chi connectivity index (χ0) is 19.9. The first kappa shape index (κ1) is 21.2. The van der Waals surface area contributed by atoms with Crippen LogP contribution in [-0.4, -0.2) is 22.4 Å². The van der Waals surface area contributed by atoms with Gasteiger partial charge in [0, 0.05) is 0 Å². The lowest BCUT2D eigenvalue weighted by Gasteiger charge is -2.61. The smallest absolute Gasteiger partial charge is 0.0573 e. The van der Waals surface area contributed by atoms with Crippen molar-refractivity contribution < 1.29 is 10.2 Å². The van der Waals surface area contributed by atoms with Crippen LogP contribution in [0.5, 0.6) is 0 Å². The van der Waals surface area contributed by atoms with E-state index in [0.717, 1.165) is 42.9 Å². The summed E-state index contributed by atoms with van der Waals surface area (Å²) >= 11 is 0. The molecule has 2 N–H and O–H groups in total. The van der Waals surface area contributed by atoms with Gasteiger partial charge in [0.05, 0.1) is 12.2 Å².